The van der Waals surface area contributed by atoms with Crippen LogP contribution in [0.3, 0.4) is 0 Å². The van der Waals surface area contributed by atoms with E-state index < -0.39 is 5.92 Å². The van der Waals surface area contributed by atoms with Crippen molar-refractivity contribution in [3.63, 3.8) is 0 Å². The number of hydrogen-bond donors (Lipinski definition) is 1. The van der Waals surface area contributed by atoms with E-state index in [-0.39, 0.29) is 31.0 Å². The molecule has 2 aromatic rings. The first-order valence-electron chi connectivity index (χ1n) is 8.75. The lowest BCUT2D eigenvalue weighted by Crippen LogP contribution is -2.27. The molecular weight excluding hydrogens is 328 g/mol. The Morgan fingerprint density at radius 3 is 2.64 bits per heavy atom. The third-order valence-corrected chi connectivity index (χ3v) is 4.72. The van der Waals surface area contributed by atoms with Crippen LogP contribution in [0.1, 0.15) is 57.8 Å². The number of H-pyrrole nitrogens is 1. The molecule has 0 radical (unpaired) electrons. The number of imidazole rings is 1. The van der Waals surface area contributed by atoms with Crippen molar-refractivity contribution >= 4 is 17.0 Å². The summed E-state index contributed by atoms with van der Waals surface area (Å²) >= 11 is 0. The molecule has 2 aliphatic heterocycles. The fourth-order valence-electron chi connectivity index (χ4n) is 3.33. The summed E-state index contributed by atoms with van der Waals surface area (Å²) in [5, 5.41) is 0. The third kappa shape index (κ3) is 3.07. The van der Waals surface area contributed by atoms with E-state index >= 15 is 0 Å². The predicted octanol–water partition coefficient (Wildman–Crippen LogP) is 3.35. The highest BCUT2D eigenvalue weighted by Gasteiger charge is 2.40. The van der Waals surface area contributed by atoms with Crippen LogP contribution in [0.4, 0.5) is 14.6 Å². The number of alkyl halides is 2. The number of hydrogen-bond acceptors (Lipinski definition) is 5. The quantitative estimate of drug-likeness (QED) is 0.899. The molecule has 136 valence electrons. The fourth-order valence-corrected chi connectivity index (χ4v) is 3.33. The number of ether oxygens (including phenoxy) is 1. The number of rotatable bonds is 2. The maximum absolute atomic E-state index is 13.7. The van der Waals surface area contributed by atoms with E-state index in [1.165, 1.54) is 0 Å². The summed E-state index contributed by atoms with van der Waals surface area (Å²) in [5.74, 6) is -0.851. The van der Waals surface area contributed by atoms with Gasteiger partial charge in [0.1, 0.15) is 23.3 Å². The molecule has 0 bridgehead atoms. The minimum absolute atomic E-state index is 0.0832. The van der Waals surface area contributed by atoms with Crippen LogP contribution in [-0.4, -0.2) is 45.6 Å². The molecule has 1 atom stereocenters. The molecule has 0 aliphatic carbocycles. The lowest BCUT2D eigenvalue weighted by atomic mass is 9.96. The molecule has 8 heteroatoms. The van der Waals surface area contributed by atoms with E-state index in [9.17, 15) is 8.78 Å². The molecule has 1 N–H and O–H groups in total. The van der Waals surface area contributed by atoms with Crippen LogP contribution in [0, 0.1) is 0 Å². The lowest BCUT2D eigenvalue weighted by Gasteiger charge is -2.22. The van der Waals surface area contributed by atoms with Crippen LogP contribution in [-0.2, 0) is 10.2 Å². The molecule has 0 aromatic carbocycles. The second kappa shape index (κ2) is 5.59. The van der Waals surface area contributed by atoms with Gasteiger partial charge in [-0.1, -0.05) is 20.8 Å². The van der Waals surface area contributed by atoms with Crippen molar-refractivity contribution in [2.45, 2.75) is 57.5 Å². The summed E-state index contributed by atoms with van der Waals surface area (Å²) < 4.78 is 33.2. The van der Waals surface area contributed by atoms with Crippen LogP contribution in [0.25, 0.3) is 11.2 Å². The molecule has 6 nitrogen and oxygen atoms in total. The zero-order valence-corrected chi connectivity index (χ0v) is 14.8. The zero-order chi connectivity index (χ0) is 17.8. The number of halogens is 2. The molecule has 4 rings (SSSR count). The average molecular weight is 351 g/mol. The lowest BCUT2D eigenvalue weighted by molar-refractivity contribution is 0.0257. The normalized spacial score (nSPS) is 23.7. The second-order valence-electron chi connectivity index (χ2n) is 7.97. The Kier molecular flexibility index (Phi) is 3.72. The molecule has 2 aromatic heterocycles. The van der Waals surface area contributed by atoms with E-state index in [0.29, 0.717) is 35.2 Å². The molecule has 25 heavy (non-hydrogen) atoms. The molecule has 2 saturated heterocycles. The van der Waals surface area contributed by atoms with E-state index in [4.69, 9.17) is 4.74 Å². The Bertz CT molecular complexity index is 792. The number of nitrogens with one attached hydrogen (secondary N) is 1. The van der Waals surface area contributed by atoms with Gasteiger partial charge in [-0.2, -0.15) is 0 Å². The van der Waals surface area contributed by atoms with Gasteiger partial charge in [-0.25, -0.2) is 23.7 Å². The van der Waals surface area contributed by atoms with E-state index in [1.54, 1.807) is 4.90 Å². The molecular formula is C17H23F2N5O. The van der Waals surface area contributed by atoms with Gasteiger partial charge in [0.2, 0.25) is 0 Å². The standard InChI is InChI=1S/C17H23F2N5O/c1-16(2,3)15-22-13-11(20-12(21-13)10-5-4-8-25-10)14(23-15)24-7-6-17(18,19)9-24/h10H,4-9H2,1-3H3,(H,20,21,22,23). The van der Waals surface area contributed by atoms with Crippen molar-refractivity contribution in [3.8, 4) is 0 Å². The Morgan fingerprint density at radius 2 is 2.04 bits per heavy atom. The summed E-state index contributed by atoms with van der Waals surface area (Å²) in [6.45, 7) is 6.68. The highest BCUT2D eigenvalue weighted by Crippen LogP contribution is 2.35. The van der Waals surface area contributed by atoms with E-state index in [0.717, 1.165) is 12.8 Å². The average Bonchev–Trinajstić information content (AvgIpc) is 3.22. The maximum atomic E-state index is 13.7. The monoisotopic (exact) mass is 351 g/mol. The first-order valence-corrected chi connectivity index (χ1v) is 8.75. The van der Waals surface area contributed by atoms with Crippen molar-refractivity contribution in [1.29, 1.82) is 0 Å². The Hall–Kier alpha value is -1.83. The number of aromatic amines is 1. The van der Waals surface area contributed by atoms with Gasteiger partial charge in [-0.05, 0) is 12.8 Å². The van der Waals surface area contributed by atoms with Crippen LogP contribution < -0.4 is 4.90 Å². The highest BCUT2D eigenvalue weighted by atomic mass is 19.3. The Labute approximate surface area is 145 Å². The Morgan fingerprint density at radius 1 is 1.24 bits per heavy atom. The van der Waals surface area contributed by atoms with Crippen molar-refractivity contribution in [1.82, 2.24) is 19.9 Å². The minimum Gasteiger partial charge on any atom is -0.370 e. The van der Waals surface area contributed by atoms with Gasteiger partial charge in [0.05, 0.1) is 6.54 Å². The van der Waals surface area contributed by atoms with Crippen LogP contribution in [0.15, 0.2) is 0 Å². The minimum atomic E-state index is -2.68. The van der Waals surface area contributed by atoms with Crippen molar-refractivity contribution in [2.24, 2.45) is 0 Å². The number of anilines is 1. The topological polar surface area (TPSA) is 66.9 Å². The van der Waals surface area contributed by atoms with E-state index in [1.807, 2.05) is 20.8 Å². The van der Waals surface area contributed by atoms with Gasteiger partial charge in [0.25, 0.3) is 5.92 Å². The van der Waals surface area contributed by atoms with Gasteiger partial charge < -0.3 is 14.6 Å². The maximum Gasteiger partial charge on any atom is 0.266 e. The summed E-state index contributed by atoms with van der Waals surface area (Å²) in [6, 6.07) is 0. The molecule has 2 fully saturated rings. The highest BCUT2D eigenvalue weighted by molar-refractivity contribution is 5.84. The number of aromatic nitrogens is 4. The predicted molar refractivity (Wildman–Crippen MR) is 90.1 cm³/mol. The van der Waals surface area contributed by atoms with Crippen molar-refractivity contribution in [2.75, 3.05) is 24.6 Å². The SMILES string of the molecule is CC(C)(C)c1nc(N2CCC(F)(F)C2)c2[nH]c(C3CCCO3)nc2n1. The van der Waals surface area contributed by atoms with Crippen LogP contribution >= 0.6 is 0 Å². The molecule has 4 heterocycles. The molecule has 0 spiro atoms. The van der Waals surface area contributed by atoms with E-state index in [2.05, 4.69) is 19.9 Å². The third-order valence-electron chi connectivity index (χ3n) is 4.72. The molecule has 0 amide bonds. The first-order chi connectivity index (χ1) is 11.7. The zero-order valence-electron chi connectivity index (χ0n) is 14.8. The van der Waals surface area contributed by atoms with Crippen molar-refractivity contribution < 1.29 is 13.5 Å². The molecule has 2 aliphatic rings. The van der Waals surface area contributed by atoms with Crippen LogP contribution in [0.5, 0.6) is 0 Å². The van der Waals surface area contributed by atoms with Gasteiger partial charge in [-0.3, -0.25) is 0 Å². The van der Waals surface area contributed by atoms with Gasteiger partial charge in [-0.15, -0.1) is 0 Å². The number of fused-ring (bicyclic) bond motifs is 1. The fraction of sp³-hybridized carbons (Fsp3) is 0.706. The second-order valence-corrected chi connectivity index (χ2v) is 7.97. The largest absolute Gasteiger partial charge is 0.370 e. The van der Waals surface area contributed by atoms with Gasteiger partial charge >= 0.3 is 0 Å². The van der Waals surface area contributed by atoms with Crippen molar-refractivity contribution in [3.05, 3.63) is 11.6 Å². The van der Waals surface area contributed by atoms with Gasteiger partial charge in [0, 0.05) is 25.0 Å². The molecule has 0 saturated carbocycles. The summed E-state index contributed by atoms with van der Waals surface area (Å²) in [7, 11) is 0. The summed E-state index contributed by atoms with van der Waals surface area (Å²) in [6.07, 6.45) is 1.65. The Balaban J connectivity index is 1.83. The van der Waals surface area contributed by atoms with Crippen LogP contribution in [0.2, 0.25) is 0 Å². The van der Waals surface area contributed by atoms with Gasteiger partial charge in [0.15, 0.2) is 11.5 Å². The molecule has 1 unspecified atom stereocenters. The first kappa shape index (κ1) is 16.6. The number of nitrogens with zero attached hydrogens (tertiary/aromatic N) is 4. The summed E-state index contributed by atoms with van der Waals surface area (Å²) in [5.41, 5.74) is 0.848. The smallest absolute Gasteiger partial charge is 0.266 e. The summed E-state index contributed by atoms with van der Waals surface area (Å²) in [4.78, 5) is 18.7.